The van der Waals surface area contributed by atoms with Gasteiger partial charge in [0.2, 0.25) is 0 Å². The highest BCUT2D eigenvalue weighted by Crippen LogP contribution is 2.40. The van der Waals surface area contributed by atoms with Crippen molar-refractivity contribution in [2.45, 2.75) is 6.92 Å². The van der Waals surface area contributed by atoms with Gasteiger partial charge in [0.05, 0.1) is 31.4 Å². The summed E-state index contributed by atoms with van der Waals surface area (Å²) < 4.78 is 16.8. The van der Waals surface area contributed by atoms with Gasteiger partial charge in [-0.05, 0) is 43.3 Å². The largest absolute Gasteiger partial charge is 0.497 e. The van der Waals surface area contributed by atoms with Gasteiger partial charge in [-0.3, -0.25) is 9.69 Å². The van der Waals surface area contributed by atoms with Gasteiger partial charge in [-0.25, -0.2) is 0 Å². The first-order chi connectivity index (χ1) is 13.1. The SMILES string of the molecule is CCOc1ccccc1N1C(=O)/C(=C\c2cc(OC)ccc2OC)SC1=S. The van der Waals surface area contributed by atoms with Crippen molar-refractivity contribution in [3.63, 3.8) is 0 Å². The molecule has 27 heavy (non-hydrogen) atoms. The smallest absolute Gasteiger partial charge is 0.270 e. The first-order valence-corrected chi connectivity index (χ1v) is 9.53. The van der Waals surface area contributed by atoms with E-state index in [9.17, 15) is 4.79 Å². The molecule has 140 valence electrons. The number of nitrogens with zero attached hydrogens (tertiary/aromatic N) is 1. The van der Waals surface area contributed by atoms with E-state index in [-0.39, 0.29) is 5.91 Å². The quantitative estimate of drug-likeness (QED) is 0.524. The van der Waals surface area contributed by atoms with Crippen LogP contribution in [0.4, 0.5) is 5.69 Å². The molecule has 0 aliphatic carbocycles. The Morgan fingerprint density at radius 3 is 2.59 bits per heavy atom. The van der Waals surface area contributed by atoms with Crippen LogP contribution in [0.3, 0.4) is 0 Å². The van der Waals surface area contributed by atoms with Crippen molar-refractivity contribution in [1.82, 2.24) is 0 Å². The predicted octanol–water partition coefficient (Wildman–Crippen LogP) is 4.51. The molecule has 0 aromatic heterocycles. The second kappa shape index (κ2) is 8.45. The zero-order valence-corrected chi connectivity index (χ0v) is 16.9. The Morgan fingerprint density at radius 1 is 1.11 bits per heavy atom. The fourth-order valence-corrected chi connectivity index (χ4v) is 3.96. The fraction of sp³-hybridized carbons (Fsp3) is 0.200. The van der Waals surface area contributed by atoms with E-state index in [1.165, 1.54) is 16.7 Å². The maximum absolute atomic E-state index is 13.1. The third-order valence-corrected chi connectivity index (χ3v) is 5.23. The van der Waals surface area contributed by atoms with Crippen LogP contribution in [0.2, 0.25) is 0 Å². The number of benzene rings is 2. The second-order valence-electron chi connectivity index (χ2n) is 5.53. The number of hydrogen-bond acceptors (Lipinski definition) is 6. The molecule has 2 aromatic carbocycles. The van der Waals surface area contributed by atoms with Gasteiger partial charge < -0.3 is 14.2 Å². The topological polar surface area (TPSA) is 48.0 Å². The van der Waals surface area contributed by atoms with Gasteiger partial charge in [0.25, 0.3) is 5.91 Å². The minimum absolute atomic E-state index is 0.193. The number of anilines is 1. The van der Waals surface area contributed by atoms with E-state index in [1.807, 2.05) is 37.3 Å². The molecule has 0 spiro atoms. The highest BCUT2D eigenvalue weighted by Gasteiger charge is 2.35. The molecule has 0 saturated carbocycles. The summed E-state index contributed by atoms with van der Waals surface area (Å²) in [4.78, 5) is 15.1. The number of para-hydroxylation sites is 2. The summed E-state index contributed by atoms with van der Waals surface area (Å²) in [7, 11) is 3.18. The van der Waals surface area contributed by atoms with Gasteiger partial charge in [0.1, 0.15) is 17.2 Å². The van der Waals surface area contributed by atoms with Crippen molar-refractivity contribution in [2.24, 2.45) is 0 Å². The second-order valence-corrected chi connectivity index (χ2v) is 7.20. The number of methoxy groups -OCH3 is 2. The van der Waals surface area contributed by atoms with Gasteiger partial charge >= 0.3 is 0 Å². The molecule has 1 aliphatic rings. The van der Waals surface area contributed by atoms with Gasteiger partial charge in [0, 0.05) is 5.56 Å². The van der Waals surface area contributed by atoms with Crippen LogP contribution in [-0.4, -0.2) is 31.1 Å². The summed E-state index contributed by atoms with van der Waals surface area (Å²) in [5.74, 6) is 1.76. The van der Waals surface area contributed by atoms with Gasteiger partial charge in [-0.2, -0.15) is 0 Å². The van der Waals surface area contributed by atoms with Crippen LogP contribution in [-0.2, 0) is 4.79 Å². The average molecular weight is 402 g/mol. The summed E-state index contributed by atoms with van der Waals surface area (Å²) in [6.07, 6.45) is 1.77. The molecule has 1 amide bonds. The molecule has 1 heterocycles. The molecule has 0 atom stereocenters. The Labute approximate surface area is 167 Å². The Bertz CT molecular complexity index is 911. The lowest BCUT2D eigenvalue weighted by Crippen LogP contribution is -2.28. The van der Waals surface area contributed by atoms with Crippen LogP contribution in [0, 0.1) is 0 Å². The maximum Gasteiger partial charge on any atom is 0.270 e. The van der Waals surface area contributed by atoms with E-state index < -0.39 is 0 Å². The fourth-order valence-electron chi connectivity index (χ4n) is 2.69. The summed E-state index contributed by atoms with van der Waals surface area (Å²) in [6, 6.07) is 12.8. The average Bonchev–Trinajstić information content (AvgIpc) is 2.95. The van der Waals surface area contributed by atoms with E-state index in [0.717, 1.165) is 5.56 Å². The van der Waals surface area contributed by atoms with Crippen molar-refractivity contribution in [3.05, 3.63) is 52.9 Å². The van der Waals surface area contributed by atoms with Crippen molar-refractivity contribution in [2.75, 3.05) is 25.7 Å². The summed E-state index contributed by atoms with van der Waals surface area (Å²) >= 11 is 6.71. The van der Waals surface area contributed by atoms with E-state index in [2.05, 4.69) is 0 Å². The molecule has 2 aromatic rings. The third kappa shape index (κ3) is 3.94. The monoisotopic (exact) mass is 401 g/mol. The first kappa shape index (κ1) is 19.3. The van der Waals surface area contributed by atoms with E-state index in [0.29, 0.717) is 38.8 Å². The zero-order valence-electron chi connectivity index (χ0n) is 15.2. The van der Waals surface area contributed by atoms with Gasteiger partial charge in [-0.1, -0.05) is 36.1 Å². The Morgan fingerprint density at radius 2 is 1.89 bits per heavy atom. The van der Waals surface area contributed by atoms with Crippen molar-refractivity contribution >= 4 is 46.0 Å². The van der Waals surface area contributed by atoms with E-state index in [1.54, 1.807) is 32.4 Å². The number of rotatable bonds is 6. The number of carbonyl (C=O) groups excluding carboxylic acids is 1. The van der Waals surface area contributed by atoms with Crippen LogP contribution in [0.5, 0.6) is 17.2 Å². The Kier molecular flexibility index (Phi) is 6.03. The van der Waals surface area contributed by atoms with Crippen LogP contribution < -0.4 is 19.1 Å². The molecular formula is C20H19NO4S2. The lowest BCUT2D eigenvalue weighted by atomic mass is 10.1. The highest BCUT2D eigenvalue weighted by atomic mass is 32.2. The number of thiocarbonyl (C=S) groups is 1. The third-order valence-electron chi connectivity index (χ3n) is 3.92. The predicted molar refractivity (Wildman–Crippen MR) is 113 cm³/mol. The standard InChI is InChI=1S/C20H19NO4S2/c1-4-25-17-8-6-5-7-15(17)21-19(22)18(27-20(21)26)12-13-11-14(23-2)9-10-16(13)24-3/h5-12H,4H2,1-3H3/b18-12+. The number of amides is 1. The molecule has 0 N–H and O–H groups in total. The molecule has 1 aliphatic heterocycles. The van der Waals surface area contributed by atoms with Crippen molar-refractivity contribution < 1.29 is 19.0 Å². The normalized spacial score (nSPS) is 15.4. The molecule has 3 rings (SSSR count). The van der Waals surface area contributed by atoms with E-state index in [4.69, 9.17) is 26.4 Å². The zero-order chi connectivity index (χ0) is 19.4. The molecule has 1 saturated heterocycles. The first-order valence-electron chi connectivity index (χ1n) is 8.30. The molecule has 0 bridgehead atoms. The molecule has 5 nitrogen and oxygen atoms in total. The van der Waals surface area contributed by atoms with Crippen LogP contribution in [0.25, 0.3) is 6.08 Å². The summed E-state index contributed by atoms with van der Waals surface area (Å²) in [5, 5.41) is 0. The summed E-state index contributed by atoms with van der Waals surface area (Å²) in [6.45, 7) is 2.40. The van der Waals surface area contributed by atoms with Gasteiger partial charge in [-0.15, -0.1) is 0 Å². The Balaban J connectivity index is 1.99. The minimum atomic E-state index is -0.193. The summed E-state index contributed by atoms with van der Waals surface area (Å²) in [5.41, 5.74) is 1.39. The molecular weight excluding hydrogens is 382 g/mol. The minimum Gasteiger partial charge on any atom is -0.497 e. The molecule has 1 fully saturated rings. The molecule has 0 radical (unpaired) electrons. The van der Waals surface area contributed by atoms with Gasteiger partial charge in [0.15, 0.2) is 4.32 Å². The van der Waals surface area contributed by atoms with Crippen molar-refractivity contribution in [1.29, 1.82) is 0 Å². The maximum atomic E-state index is 13.1. The number of carbonyl (C=O) groups is 1. The Hall–Kier alpha value is -2.51. The highest BCUT2D eigenvalue weighted by molar-refractivity contribution is 8.27. The number of hydrogen-bond donors (Lipinski definition) is 0. The van der Waals surface area contributed by atoms with Crippen molar-refractivity contribution in [3.8, 4) is 17.2 Å². The molecule has 7 heteroatoms. The lowest BCUT2D eigenvalue weighted by Gasteiger charge is -2.18. The number of ether oxygens (including phenoxy) is 3. The molecule has 0 unspecified atom stereocenters. The van der Waals surface area contributed by atoms with Crippen LogP contribution in [0.1, 0.15) is 12.5 Å². The number of thioether (sulfide) groups is 1. The van der Waals surface area contributed by atoms with Crippen LogP contribution in [0.15, 0.2) is 47.4 Å². The van der Waals surface area contributed by atoms with E-state index >= 15 is 0 Å². The van der Waals surface area contributed by atoms with Crippen LogP contribution >= 0.6 is 24.0 Å². The lowest BCUT2D eigenvalue weighted by molar-refractivity contribution is -0.113.